The number of pyridine rings is 1. The maximum Gasteiger partial charge on any atom is 0.0494 e. The first kappa shape index (κ1) is 13.3. The summed E-state index contributed by atoms with van der Waals surface area (Å²) >= 11 is 1.86. The van der Waals surface area contributed by atoms with E-state index in [0.717, 1.165) is 5.69 Å². The second kappa shape index (κ2) is 5.73. The highest BCUT2D eigenvalue weighted by Crippen LogP contribution is 2.36. The first-order valence-electron chi connectivity index (χ1n) is 6.86. The molecule has 2 nitrogen and oxygen atoms in total. The van der Waals surface area contributed by atoms with Crippen LogP contribution in [-0.4, -0.2) is 12.0 Å². The Balaban J connectivity index is 1.97. The quantitative estimate of drug-likeness (QED) is 0.769. The molecule has 3 heteroatoms. The summed E-state index contributed by atoms with van der Waals surface area (Å²) in [7, 11) is 2.02. The van der Waals surface area contributed by atoms with Gasteiger partial charge in [0.2, 0.25) is 0 Å². The first-order chi connectivity index (χ1) is 9.79. The van der Waals surface area contributed by atoms with E-state index in [0.29, 0.717) is 12.0 Å². The van der Waals surface area contributed by atoms with E-state index in [-0.39, 0.29) is 0 Å². The van der Waals surface area contributed by atoms with E-state index in [2.05, 4.69) is 59.7 Å². The summed E-state index contributed by atoms with van der Waals surface area (Å²) in [4.78, 5) is 5.86. The Hall–Kier alpha value is -1.71. The third-order valence-electron chi connectivity index (χ3n) is 3.72. The molecule has 1 aromatic carbocycles. The third-order valence-corrected chi connectivity index (χ3v) is 4.92. The highest BCUT2D eigenvalue weighted by molar-refractivity contribution is 7.19. The normalized spacial score (nSPS) is 14.3. The monoisotopic (exact) mass is 282 g/mol. The Morgan fingerprint density at radius 3 is 2.60 bits per heavy atom. The summed E-state index contributed by atoms with van der Waals surface area (Å²) in [6.45, 7) is 2.23. The number of benzene rings is 1. The molecule has 0 fully saturated rings. The van der Waals surface area contributed by atoms with Crippen molar-refractivity contribution < 1.29 is 0 Å². The van der Waals surface area contributed by atoms with Gasteiger partial charge < -0.3 is 5.32 Å². The highest BCUT2D eigenvalue weighted by atomic mass is 32.1. The van der Waals surface area contributed by atoms with Crippen LogP contribution >= 0.6 is 11.3 Å². The van der Waals surface area contributed by atoms with Crippen LogP contribution in [0.4, 0.5) is 0 Å². The average Bonchev–Trinajstić information content (AvgIpc) is 2.92. The van der Waals surface area contributed by atoms with Gasteiger partial charge in [-0.15, -0.1) is 11.3 Å². The number of likely N-dealkylation sites (N-methyl/N-ethyl adjacent to an activating group) is 1. The average molecular weight is 282 g/mol. The molecule has 102 valence electrons. The molecule has 2 atom stereocenters. The molecule has 2 aromatic heterocycles. The van der Waals surface area contributed by atoms with Gasteiger partial charge >= 0.3 is 0 Å². The van der Waals surface area contributed by atoms with Gasteiger partial charge in [0.15, 0.2) is 0 Å². The Bertz CT molecular complexity index is 657. The number of nitrogens with zero attached hydrogens (tertiary/aromatic N) is 1. The molecular weight excluding hydrogens is 264 g/mol. The summed E-state index contributed by atoms with van der Waals surface area (Å²) in [5.41, 5.74) is 1.13. The maximum atomic E-state index is 4.49. The maximum absolute atomic E-state index is 4.49. The van der Waals surface area contributed by atoms with E-state index >= 15 is 0 Å². The molecule has 0 saturated heterocycles. The van der Waals surface area contributed by atoms with Crippen molar-refractivity contribution in [2.75, 3.05) is 7.05 Å². The number of hydrogen-bond donors (Lipinski definition) is 1. The molecule has 2 heterocycles. The van der Waals surface area contributed by atoms with E-state index in [1.54, 1.807) is 0 Å². The van der Waals surface area contributed by atoms with Crippen molar-refractivity contribution in [3.63, 3.8) is 0 Å². The van der Waals surface area contributed by atoms with Gasteiger partial charge in [-0.25, -0.2) is 0 Å². The molecule has 0 amide bonds. The summed E-state index contributed by atoms with van der Waals surface area (Å²) < 4.78 is 1.34. The molecule has 0 aliphatic heterocycles. The molecule has 3 rings (SSSR count). The second-order valence-corrected chi connectivity index (χ2v) is 6.11. The van der Waals surface area contributed by atoms with E-state index in [9.17, 15) is 0 Å². The molecule has 0 bridgehead atoms. The smallest absolute Gasteiger partial charge is 0.0494 e. The molecule has 2 unspecified atom stereocenters. The van der Waals surface area contributed by atoms with Crippen LogP contribution in [0.3, 0.4) is 0 Å². The van der Waals surface area contributed by atoms with Gasteiger partial charge in [0, 0.05) is 33.4 Å². The predicted molar refractivity (Wildman–Crippen MR) is 86.3 cm³/mol. The van der Waals surface area contributed by atoms with Gasteiger partial charge in [-0.2, -0.15) is 0 Å². The van der Waals surface area contributed by atoms with Crippen LogP contribution in [0.2, 0.25) is 0 Å². The lowest BCUT2D eigenvalue weighted by Gasteiger charge is -2.22. The summed E-state index contributed by atoms with van der Waals surface area (Å²) in [6, 6.07) is 17.2. The Morgan fingerprint density at radius 1 is 1.10 bits per heavy atom. The van der Waals surface area contributed by atoms with Gasteiger partial charge in [-0.1, -0.05) is 31.2 Å². The number of fused-ring (bicyclic) bond motifs is 1. The van der Waals surface area contributed by atoms with Crippen LogP contribution in [0, 0.1) is 0 Å². The zero-order valence-electron chi connectivity index (χ0n) is 11.7. The molecule has 0 radical (unpaired) electrons. The molecule has 1 N–H and O–H groups in total. The Labute approximate surface area is 123 Å². The standard InChI is InChI=1S/C17H18N2S/c1-12(14-8-5-6-10-19-14)17(18-2)16-11-13-7-3-4-9-15(13)20-16/h3-12,17-18H,1-2H3. The number of thiophene rings is 1. The summed E-state index contributed by atoms with van der Waals surface area (Å²) in [6.07, 6.45) is 1.86. The topological polar surface area (TPSA) is 24.9 Å². The number of hydrogen-bond acceptors (Lipinski definition) is 3. The van der Waals surface area contributed by atoms with E-state index in [4.69, 9.17) is 0 Å². The van der Waals surface area contributed by atoms with Gasteiger partial charge in [0.05, 0.1) is 0 Å². The van der Waals surface area contributed by atoms with Crippen LogP contribution in [0.5, 0.6) is 0 Å². The molecule has 20 heavy (non-hydrogen) atoms. The zero-order valence-corrected chi connectivity index (χ0v) is 12.5. The lowest BCUT2D eigenvalue weighted by molar-refractivity contribution is 0.507. The third kappa shape index (κ3) is 2.47. The van der Waals surface area contributed by atoms with E-state index in [1.165, 1.54) is 15.0 Å². The number of rotatable bonds is 4. The second-order valence-electron chi connectivity index (χ2n) is 5.00. The van der Waals surface area contributed by atoms with E-state index < -0.39 is 0 Å². The van der Waals surface area contributed by atoms with Gasteiger partial charge in [-0.05, 0) is 36.7 Å². The van der Waals surface area contributed by atoms with Crippen LogP contribution in [0.1, 0.15) is 29.5 Å². The lowest BCUT2D eigenvalue weighted by Crippen LogP contribution is -2.21. The minimum atomic E-state index is 0.294. The number of nitrogens with one attached hydrogen (secondary N) is 1. The van der Waals surface area contributed by atoms with Crippen molar-refractivity contribution in [1.29, 1.82) is 0 Å². The zero-order chi connectivity index (χ0) is 13.9. The van der Waals surface area contributed by atoms with Crippen LogP contribution in [0.25, 0.3) is 10.1 Å². The fraction of sp³-hybridized carbons (Fsp3) is 0.235. The van der Waals surface area contributed by atoms with Crippen LogP contribution < -0.4 is 5.32 Å². The van der Waals surface area contributed by atoms with Gasteiger partial charge in [0.25, 0.3) is 0 Å². The Kier molecular flexibility index (Phi) is 3.81. The molecular formula is C17H18N2S. The van der Waals surface area contributed by atoms with Crippen molar-refractivity contribution in [1.82, 2.24) is 10.3 Å². The van der Waals surface area contributed by atoms with E-state index in [1.807, 2.05) is 30.6 Å². The molecule has 0 aliphatic carbocycles. The van der Waals surface area contributed by atoms with Crippen molar-refractivity contribution in [2.45, 2.75) is 18.9 Å². The minimum Gasteiger partial charge on any atom is -0.312 e. The number of aromatic nitrogens is 1. The van der Waals surface area contributed by atoms with Crippen molar-refractivity contribution in [3.8, 4) is 0 Å². The first-order valence-corrected chi connectivity index (χ1v) is 7.68. The fourth-order valence-electron chi connectivity index (χ4n) is 2.61. The largest absolute Gasteiger partial charge is 0.312 e. The Morgan fingerprint density at radius 2 is 1.90 bits per heavy atom. The fourth-order valence-corrected chi connectivity index (χ4v) is 3.89. The molecule has 0 saturated carbocycles. The van der Waals surface area contributed by atoms with Crippen molar-refractivity contribution in [3.05, 3.63) is 65.3 Å². The van der Waals surface area contributed by atoms with Crippen molar-refractivity contribution in [2.24, 2.45) is 0 Å². The predicted octanol–water partition coefficient (Wildman–Crippen LogP) is 4.36. The minimum absolute atomic E-state index is 0.294. The molecule has 0 aliphatic rings. The SMILES string of the molecule is CNC(c1cc2ccccc2s1)C(C)c1ccccn1. The van der Waals surface area contributed by atoms with Crippen molar-refractivity contribution >= 4 is 21.4 Å². The summed E-state index contributed by atoms with van der Waals surface area (Å²) in [5.74, 6) is 0.342. The molecule has 3 aromatic rings. The van der Waals surface area contributed by atoms with Gasteiger partial charge in [-0.3, -0.25) is 4.98 Å². The summed E-state index contributed by atoms with van der Waals surface area (Å²) in [5, 5.41) is 4.77. The highest BCUT2D eigenvalue weighted by Gasteiger charge is 2.21. The van der Waals surface area contributed by atoms with Crippen LogP contribution in [0.15, 0.2) is 54.7 Å². The molecule has 0 spiro atoms. The lowest BCUT2D eigenvalue weighted by atomic mass is 9.96. The van der Waals surface area contributed by atoms with Crippen LogP contribution in [-0.2, 0) is 0 Å². The van der Waals surface area contributed by atoms with Gasteiger partial charge in [0.1, 0.15) is 0 Å².